The second kappa shape index (κ2) is 17.6. The zero-order chi connectivity index (χ0) is 32.6. The summed E-state index contributed by atoms with van der Waals surface area (Å²) in [4.78, 5) is 28.5. The summed E-state index contributed by atoms with van der Waals surface area (Å²) in [5.74, 6) is 0.990. The predicted molar refractivity (Wildman–Crippen MR) is 181 cm³/mol. The maximum absolute atomic E-state index is 12.3. The Labute approximate surface area is 272 Å². The molecular weight excluding hydrogens is 578 g/mol. The van der Waals surface area contributed by atoms with Crippen molar-refractivity contribution in [1.29, 1.82) is 0 Å². The molecule has 242 valence electrons. The fraction of sp³-hybridized carbons (Fsp3) is 0.342. The second-order valence-corrected chi connectivity index (χ2v) is 12.0. The van der Waals surface area contributed by atoms with Crippen molar-refractivity contribution in [2.75, 3.05) is 19.7 Å². The minimum absolute atomic E-state index is 0.0488. The number of unbranched alkanes of at least 4 members (excludes halogenated alkanes) is 4. The van der Waals surface area contributed by atoms with Gasteiger partial charge in [0.05, 0.1) is 0 Å². The van der Waals surface area contributed by atoms with Gasteiger partial charge in [-0.1, -0.05) is 92.1 Å². The van der Waals surface area contributed by atoms with Crippen LogP contribution in [0.5, 0.6) is 11.6 Å². The lowest BCUT2D eigenvalue weighted by molar-refractivity contribution is -0.123. The molecule has 0 saturated heterocycles. The number of hydrogen-bond acceptors (Lipinski definition) is 6. The number of rotatable bonds is 16. The van der Waals surface area contributed by atoms with E-state index in [4.69, 9.17) is 14.2 Å². The first-order valence-corrected chi connectivity index (χ1v) is 16.0. The Morgan fingerprint density at radius 1 is 0.717 bits per heavy atom. The number of alkyl carbamates (subject to hydrolysis) is 1. The molecule has 0 spiro atoms. The van der Waals surface area contributed by atoms with Crippen LogP contribution >= 0.6 is 0 Å². The van der Waals surface area contributed by atoms with Gasteiger partial charge in [-0.05, 0) is 74.6 Å². The van der Waals surface area contributed by atoms with E-state index in [1.165, 1.54) is 0 Å². The molecule has 0 aliphatic heterocycles. The molecule has 8 heteroatoms. The molecule has 1 heterocycles. The molecule has 4 rings (SSSR count). The topological polar surface area (TPSA) is 98.8 Å². The number of amides is 2. The molecule has 2 amide bonds. The summed E-state index contributed by atoms with van der Waals surface area (Å²) < 4.78 is 17.5. The quantitative estimate of drug-likeness (QED) is 0.123. The number of ether oxygens (including phenoxy) is 3. The van der Waals surface area contributed by atoms with Gasteiger partial charge in [-0.25, -0.2) is 9.78 Å². The first-order chi connectivity index (χ1) is 22.3. The molecule has 0 saturated carbocycles. The van der Waals surface area contributed by atoms with Crippen LogP contribution in [-0.2, 0) is 9.53 Å². The van der Waals surface area contributed by atoms with E-state index in [1.54, 1.807) is 6.20 Å². The maximum Gasteiger partial charge on any atom is 0.407 e. The van der Waals surface area contributed by atoms with E-state index in [2.05, 4.69) is 39.9 Å². The largest absolute Gasteiger partial charge is 0.484 e. The van der Waals surface area contributed by atoms with E-state index in [1.807, 2.05) is 93.6 Å². The average molecular weight is 624 g/mol. The Kier molecular flexibility index (Phi) is 13.0. The minimum Gasteiger partial charge on any atom is -0.484 e. The van der Waals surface area contributed by atoms with Crippen LogP contribution in [0.25, 0.3) is 11.1 Å². The summed E-state index contributed by atoms with van der Waals surface area (Å²) >= 11 is 0. The predicted octanol–water partition coefficient (Wildman–Crippen LogP) is 7.89. The van der Waals surface area contributed by atoms with Gasteiger partial charge in [-0.15, -0.1) is 0 Å². The van der Waals surface area contributed by atoms with Gasteiger partial charge in [-0.2, -0.15) is 0 Å². The molecule has 3 aromatic carbocycles. The number of nitrogens with zero attached hydrogens (tertiary/aromatic N) is 1. The van der Waals surface area contributed by atoms with E-state index < -0.39 is 5.60 Å². The molecule has 0 bridgehead atoms. The standard InChI is InChI=1S/C38H45N3O5/c1-38(2,3)46-37(43)41-26-14-6-4-5-13-25-39-34(42)28-44-32-23-21-29(22-24-32)33-20-15-27-40-36(33)45-35(30-16-9-7-10-17-30)31-18-11-8-12-19-31/h7-12,15-24,27,35H,4-6,13-14,25-26,28H2,1-3H3,(H,39,42)(H,41,43). The summed E-state index contributed by atoms with van der Waals surface area (Å²) in [5.41, 5.74) is 3.39. The van der Waals surface area contributed by atoms with Crippen LogP contribution in [0.15, 0.2) is 103 Å². The molecule has 0 fully saturated rings. The number of carbonyl (C=O) groups is 2. The third-order valence-corrected chi connectivity index (χ3v) is 7.08. The second-order valence-electron chi connectivity index (χ2n) is 12.0. The lowest BCUT2D eigenvalue weighted by Gasteiger charge is -2.21. The molecule has 46 heavy (non-hydrogen) atoms. The van der Waals surface area contributed by atoms with Crippen molar-refractivity contribution >= 4 is 12.0 Å². The molecule has 4 aromatic rings. The number of nitrogens with one attached hydrogen (secondary N) is 2. The highest BCUT2D eigenvalue weighted by molar-refractivity contribution is 5.77. The fourth-order valence-corrected chi connectivity index (χ4v) is 4.84. The highest BCUT2D eigenvalue weighted by Crippen LogP contribution is 2.34. The SMILES string of the molecule is CC(C)(C)OC(=O)NCCCCCCCNC(=O)COc1ccc(-c2cccnc2OC(c2ccccc2)c2ccccc2)cc1. The van der Waals surface area contributed by atoms with Crippen LogP contribution in [0, 0.1) is 0 Å². The first-order valence-electron chi connectivity index (χ1n) is 16.0. The number of benzene rings is 3. The van der Waals surface area contributed by atoms with Crippen LogP contribution in [0.2, 0.25) is 0 Å². The van der Waals surface area contributed by atoms with Crippen molar-refractivity contribution < 1.29 is 23.8 Å². The summed E-state index contributed by atoms with van der Waals surface area (Å²) in [6.07, 6.45) is 5.89. The van der Waals surface area contributed by atoms with Crippen LogP contribution in [0.1, 0.15) is 70.1 Å². The van der Waals surface area contributed by atoms with Crippen molar-refractivity contribution in [1.82, 2.24) is 15.6 Å². The first kappa shape index (κ1) is 34.0. The fourth-order valence-electron chi connectivity index (χ4n) is 4.84. The van der Waals surface area contributed by atoms with Crippen LogP contribution in [0.4, 0.5) is 4.79 Å². The normalized spacial score (nSPS) is 11.1. The van der Waals surface area contributed by atoms with Crippen LogP contribution in [0.3, 0.4) is 0 Å². The van der Waals surface area contributed by atoms with Crippen molar-refractivity contribution in [2.45, 2.75) is 64.6 Å². The number of pyridine rings is 1. The van der Waals surface area contributed by atoms with Crippen molar-refractivity contribution in [2.24, 2.45) is 0 Å². The number of aromatic nitrogens is 1. The summed E-state index contributed by atoms with van der Waals surface area (Å²) in [6.45, 7) is 6.70. The molecule has 0 radical (unpaired) electrons. The Morgan fingerprint density at radius 2 is 1.30 bits per heavy atom. The Morgan fingerprint density at radius 3 is 1.91 bits per heavy atom. The van der Waals surface area contributed by atoms with Crippen LogP contribution in [-0.4, -0.2) is 42.3 Å². The Balaban J connectivity index is 1.19. The molecule has 2 N–H and O–H groups in total. The third kappa shape index (κ3) is 11.6. The minimum atomic E-state index is -0.485. The maximum atomic E-state index is 12.3. The molecule has 0 atom stereocenters. The summed E-state index contributed by atoms with van der Waals surface area (Å²) in [6, 6.07) is 31.7. The number of carbonyl (C=O) groups excluding carboxylic acids is 2. The third-order valence-electron chi connectivity index (χ3n) is 7.08. The van der Waals surface area contributed by atoms with E-state index >= 15 is 0 Å². The molecular formula is C38H45N3O5. The molecule has 1 aromatic heterocycles. The van der Waals surface area contributed by atoms with E-state index in [9.17, 15) is 9.59 Å². The molecule has 0 aliphatic rings. The molecule has 0 aliphatic carbocycles. The smallest absolute Gasteiger partial charge is 0.407 e. The lowest BCUT2D eigenvalue weighted by atomic mass is 10.0. The Bertz CT molecular complexity index is 1450. The summed E-state index contributed by atoms with van der Waals surface area (Å²) in [7, 11) is 0. The van der Waals surface area contributed by atoms with E-state index in [0.717, 1.165) is 54.4 Å². The molecule has 8 nitrogen and oxygen atoms in total. The van der Waals surface area contributed by atoms with Gasteiger partial charge in [0.15, 0.2) is 12.7 Å². The Hall–Kier alpha value is -4.85. The van der Waals surface area contributed by atoms with Gasteiger partial charge < -0.3 is 24.8 Å². The highest BCUT2D eigenvalue weighted by Gasteiger charge is 2.19. The highest BCUT2D eigenvalue weighted by atomic mass is 16.6. The van der Waals surface area contributed by atoms with Gasteiger partial charge in [0, 0.05) is 24.8 Å². The van der Waals surface area contributed by atoms with Crippen molar-refractivity contribution in [3.05, 3.63) is 114 Å². The van der Waals surface area contributed by atoms with Gasteiger partial charge in [0.2, 0.25) is 5.88 Å². The van der Waals surface area contributed by atoms with Crippen molar-refractivity contribution in [3.8, 4) is 22.8 Å². The summed E-state index contributed by atoms with van der Waals surface area (Å²) in [5, 5.41) is 5.69. The van der Waals surface area contributed by atoms with Crippen molar-refractivity contribution in [3.63, 3.8) is 0 Å². The van der Waals surface area contributed by atoms with Gasteiger partial charge in [-0.3, -0.25) is 4.79 Å². The molecule has 0 unspecified atom stereocenters. The zero-order valence-corrected chi connectivity index (χ0v) is 27.0. The monoisotopic (exact) mass is 623 g/mol. The number of hydrogen-bond donors (Lipinski definition) is 2. The van der Waals surface area contributed by atoms with E-state index in [-0.39, 0.29) is 24.7 Å². The van der Waals surface area contributed by atoms with Gasteiger partial charge in [0.1, 0.15) is 11.4 Å². The van der Waals surface area contributed by atoms with Crippen LogP contribution < -0.4 is 20.1 Å². The van der Waals surface area contributed by atoms with E-state index in [0.29, 0.717) is 24.7 Å². The van der Waals surface area contributed by atoms with Gasteiger partial charge >= 0.3 is 6.09 Å². The van der Waals surface area contributed by atoms with Gasteiger partial charge in [0.25, 0.3) is 5.91 Å². The average Bonchev–Trinajstić information content (AvgIpc) is 3.06. The lowest BCUT2D eigenvalue weighted by Crippen LogP contribution is -2.33. The zero-order valence-electron chi connectivity index (χ0n) is 27.0.